The maximum absolute atomic E-state index is 12.7. The van der Waals surface area contributed by atoms with Gasteiger partial charge in [0.05, 0.1) is 5.52 Å². The van der Waals surface area contributed by atoms with E-state index in [1.807, 2.05) is 55.8 Å². The van der Waals surface area contributed by atoms with Crippen LogP contribution in [0.15, 0.2) is 54.9 Å². The van der Waals surface area contributed by atoms with E-state index in [1.54, 1.807) is 4.90 Å². The Morgan fingerprint density at radius 2 is 2.09 bits per heavy atom. The molecule has 23 heavy (non-hydrogen) atoms. The Morgan fingerprint density at radius 3 is 2.91 bits per heavy atom. The van der Waals surface area contributed by atoms with Gasteiger partial charge in [-0.15, -0.1) is 0 Å². The van der Waals surface area contributed by atoms with Gasteiger partial charge in [0, 0.05) is 37.4 Å². The lowest BCUT2D eigenvalue weighted by Crippen LogP contribution is -2.28. The summed E-state index contributed by atoms with van der Waals surface area (Å²) in [6, 6.07) is 14.5. The zero-order valence-electron chi connectivity index (χ0n) is 13.1. The van der Waals surface area contributed by atoms with Gasteiger partial charge in [0.1, 0.15) is 5.69 Å². The third-order valence-electron chi connectivity index (χ3n) is 4.35. The first kappa shape index (κ1) is 14.0. The minimum absolute atomic E-state index is 0.0649. The smallest absolute Gasteiger partial charge is 0.270 e. The summed E-state index contributed by atoms with van der Waals surface area (Å²) in [5.74, 6) is 0.0649. The number of fused-ring (bicyclic) bond motifs is 1. The molecule has 4 heteroatoms. The summed E-state index contributed by atoms with van der Waals surface area (Å²) in [5, 5.41) is 1.10. The molecule has 1 aliphatic carbocycles. The molecule has 0 saturated heterocycles. The van der Waals surface area contributed by atoms with Crippen molar-refractivity contribution in [1.82, 2.24) is 14.5 Å². The summed E-state index contributed by atoms with van der Waals surface area (Å²) in [7, 11) is 1.85. The molecule has 4 nitrogen and oxygen atoms in total. The minimum Gasteiger partial charge on any atom is -0.340 e. The molecule has 0 aliphatic heterocycles. The molecule has 1 aromatic carbocycles. The summed E-state index contributed by atoms with van der Waals surface area (Å²) in [6.45, 7) is 0.562. The summed E-state index contributed by atoms with van der Waals surface area (Å²) >= 11 is 0. The average Bonchev–Trinajstić information content (AvgIpc) is 3.31. The van der Waals surface area contributed by atoms with E-state index < -0.39 is 0 Å². The van der Waals surface area contributed by atoms with Crippen molar-refractivity contribution in [2.45, 2.75) is 25.4 Å². The lowest BCUT2D eigenvalue weighted by atomic mass is 10.1. The van der Waals surface area contributed by atoms with E-state index in [9.17, 15) is 4.79 Å². The fourth-order valence-electron chi connectivity index (χ4n) is 2.99. The predicted octanol–water partition coefficient (Wildman–Crippen LogP) is 3.64. The highest BCUT2D eigenvalue weighted by Gasteiger charge is 2.27. The second-order valence-electron chi connectivity index (χ2n) is 6.23. The van der Waals surface area contributed by atoms with Gasteiger partial charge in [-0.2, -0.15) is 0 Å². The molecule has 1 fully saturated rings. The van der Waals surface area contributed by atoms with Crippen LogP contribution in [0.5, 0.6) is 0 Å². The topological polar surface area (TPSA) is 38.1 Å². The second-order valence-corrected chi connectivity index (χ2v) is 6.23. The van der Waals surface area contributed by atoms with Gasteiger partial charge in [0.15, 0.2) is 0 Å². The maximum atomic E-state index is 12.7. The Balaban J connectivity index is 1.54. The average molecular weight is 305 g/mol. The Labute approximate surface area is 135 Å². The molecule has 3 aromatic rings. The van der Waals surface area contributed by atoms with Gasteiger partial charge in [0.25, 0.3) is 5.91 Å². The fraction of sp³-hybridized carbons (Fsp3) is 0.263. The first-order valence-corrected chi connectivity index (χ1v) is 7.98. The normalized spacial score (nSPS) is 14.1. The van der Waals surface area contributed by atoms with Gasteiger partial charge in [-0.05, 0) is 42.7 Å². The highest BCUT2D eigenvalue weighted by molar-refractivity contribution is 5.92. The number of aromatic nitrogens is 2. The molecule has 0 bridgehead atoms. The second kappa shape index (κ2) is 5.54. The standard InChI is InChI=1S/C19H19N3O/c1-21(19(23)18-7-4-10-22(18)16-8-9-16)13-14-11-15-5-2-3-6-17(15)20-12-14/h2-7,10-12,16H,8-9,13H2,1H3. The van der Waals surface area contributed by atoms with Crippen molar-refractivity contribution < 1.29 is 4.79 Å². The number of rotatable bonds is 4. The van der Waals surface area contributed by atoms with Gasteiger partial charge >= 0.3 is 0 Å². The van der Waals surface area contributed by atoms with E-state index in [4.69, 9.17) is 0 Å². The number of hydrogen-bond donors (Lipinski definition) is 0. The molecule has 116 valence electrons. The number of hydrogen-bond acceptors (Lipinski definition) is 2. The van der Waals surface area contributed by atoms with Crippen molar-refractivity contribution in [3.63, 3.8) is 0 Å². The van der Waals surface area contributed by atoms with Crippen LogP contribution >= 0.6 is 0 Å². The maximum Gasteiger partial charge on any atom is 0.270 e. The van der Waals surface area contributed by atoms with Gasteiger partial charge in [0.2, 0.25) is 0 Å². The van der Waals surface area contributed by atoms with Crippen LogP contribution in [0.3, 0.4) is 0 Å². The van der Waals surface area contributed by atoms with Crippen LogP contribution in [-0.2, 0) is 6.54 Å². The number of nitrogens with zero attached hydrogens (tertiary/aromatic N) is 3. The highest BCUT2D eigenvalue weighted by atomic mass is 16.2. The van der Waals surface area contributed by atoms with Gasteiger partial charge in [-0.1, -0.05) is 18.2 Å². The third kappa shape index (κ3) is 2.72. The van der Waals surface area contributed by atoms with E-state index >= 15 is 0 Å². The summed E-state index contributed by atoms with van der Waals surface area (Å²) in [5.41, 5.74) is 2.81. The van der Waals surface area contributed by atoms with Gasteiger partial charge in [-0.3, -0.25) is 9.78 Å². The Hall–Kier alpha value is -2.62. The highest BCUT2D eigenvalue weighted by Crippen LogP contribution is 2.36. The molecular weight excluding hydrogens is 286 g/mol. The van der Waals surface area contributed by atoms with Crippen molar-refractivity contribution in [2.75, 3.05) is 7.05 Å². The zero-order valence-corrected chi connectivity index (χ0v) is 13.1. The first-order valence-electron chi connectivity index (χ1n) is 7.98. The van der Waals surface area contributed by atoms with Crippen molar-refractivity contribution >= 4 is 16.8 Å². The molecule has 0 radical (unpaired) electrons. The van der Waals surface area contributed by atoms with Crippen LogP contribution in [0.2, 0.25) is 0 Å². The van der Waals surface area contributed by atoms with E-state index in [-0.39, 0.29) is 5.91 Å². The number of pyridine rings is 1. The van der Waals surface area contributed by atoms with Crippen LogP contribution in [0.25, 0.3) is 10.9 Å². The van der Waals surface area contributed by atoms with Crippen molar-refractivity contribution in [3.05, 3.63) is 66.1 Å². The number of carbonyl (C=O) groups excluding carboxylic acids is 1. The van der Waals surface area contributed by atoms with Crippen LogP contribution in [0, 0.1) is 0 Å². The number of carbonyl (C=O) groups is 1. The van der Waals surface area contributed by atoms with Crippen molar-refractivity contribution in [1.29, 1.82) is 0 Å². The van der Waals surface area contributed by atoms with E-state index in [0.29, 0.717) is 12.6 Å². The molecule has 1 aliphatic rings. The lowest BCUT2D eigenvalue weighted by Gasteiger charge is -2.18. The van der Waals surface area contributed by atoms with E-state index in [1.165, 1.54) is 12.8 Å². The molecule has 0 atom stereocenters. The molecule has 0 N–H and O–H groups in total. The largest absolute Gasteiger partial charge is 0.340 e. The first-order chi connectivity index (χ1) is 11.2. The molecule has 4 rings (SSSR count). The number of para-hydroxylation sites is 1. The predicted molar refractivity (Wildman–Crippen MR) is 90.2 cm³/mol. The van der Waals surface area contributed by atoms with Crippen molar-refractivity contribution in [3.8, 4) is 0 Å². The number of benzene rings is 1. The molecule has 0 unspecified atom stereocenters. The van der Waals surface area contributed by atoms with Gasteiger partial charge in [-0.25, -0.2) is 0 Å². The lowest BCUT2D eigenvalue weighted by molar-refractivity contribution is 0.0774. The molecule has 2 aromatic heterocycles. The SMILES string of the molecule is CN(Cc1cnc2ccccc2c1)C(=O)c1cccn1C1CC1. The molecular formula is C19H19N3O. The minimum atomic E-state index is 0.0649. The Kier molecular flexibility index (Phi) is 3.37. The zero-order chi connectivity index (χ0) is 15.8. The van der Waals surface area contributed by atoms with Crippen molar-refractivity contribution in [2.24, 2.45) is 0 Å². The Bertz CT molecular complexity index is 864. The fourth-order valence-corrected chi connectivity index (χ4v) is 2.99. The monoisotopic (exact) mass is 305 g/mol. The molecule has 0 spiro atoms. The summed E-state index contributed by atoms with van der Waals surface area (Å²) in [6.07, 6.45) is 6.21. The van der Waals surface area contributed by atoms with Crippen LogP contribution < -0.4 is 0 Å². The third-order valence-corrected chi connectivity index (χ3v) is 4.35. The summed E-state index contributed by atoms with van der Waals surface area (Å²) < 4.78 is 2.11. The van der Waals surface area contributed by atoms with Gasteiger partial charge < -0.3 is 9.47 Å². The Morgan fingerprint density at radius 1 is 1.26 bits per heavy atom. The van der Waals surface area contributed by atoms with Crippen LogP contribution in [-0.4, -0.2) is 27.4 Å². The summed E-state index contributed by atoms with van der Waals surface area (Å²) in [4.78, 5) is 18.9. The van der Waals surface area contributed by atoms with Crippen LogP contribution in [0.1, 0.15) is 34.9 Å². The quantitative estimate of drug-likeness (QED) is 0.738. The molecule has 2 heterocycles. The number of amides is 1. The van der Waals surface area contributed by atoms with Crippen LogP contribution in [0.4, 0.5) is 0 Å². The van der Waals surface area contributed by atoms with E-state index in [0.717, 1.165) is 22.2 Å². The molecule has 1 saturated carbocycles. The molecule has 1 amide bonds. The van der Waals surface area contributed by atoms with E-state index in [2.05, 4.69) is 15.6 Å².